The Hall–Kier alpha value is -3.20. The first kappa shape index (κ1) is 18.1. The zero-order chi connectivity index (χ0) is 18.1. The molecule has 0 unspecified atom stereocenters. The SMILES string of the molecule is O=C(COc1ccccc1[N+](=O)[O-])NNC(=S)NCc1ccccc1. The molecule has 0 aliphatic carbocycles. The van der Waals surface area contributed by atoms with Crippen molar-refractivity contribution in [1.29, 1.82) is 0 Å². The van der Waals surface area contributed by atoms with E-state index in [0.717, 1.165) is 5.56 Å². The number of benzene rings is 2. The van der Waals surface area contributed by atoms with E-state index in [1.54, 1.807) is 6.07 Å². The van der Waals surface area contributed by atoms with Gasteiger partial charge in [0.25, 0.3) is 5.91 Å². The Morgan fingerprint density at radius 2 is 1.76 bits per heavy atom. The standard InChI is InChI=1S/C16H16N4O4S/c21-15(11-24-14-9-5-4-8-13(14)20(22)23)18-19-16(25)17-10-12-6-2-1-3-7-12/h1-9H,10-11H2,(H,18,21)(H2,17,19,25). The summed E-state index contributed by atoms with van der Waals surface area (Å²) in [5, 5.41) is 14.0. The van der Waals surface area contributed by atoms with Crippen LogP contribution in [-0.2, 0) is 11.3 Å². The van der Waals surface area contributed by atoms with Gasteiger partial charge in [0.1, 0.15) is 0 Å². The quantitative estimate of drug-likeness (QED) is 0.409. The molecule has 0 heterocycles. The van der Waals surface area contributed by atoms with Crippen LogP contribution in [0.3, 0.4) is 0 Å². The highest BCUT2D eigenvalue weighted by atomic mass is 32.1. The average Bonchev–Trinajstić information content (AvgIpc) is 2.64. The van der Waals surface area contributed by atoms with Gasteiger partial charge in [-0.05, 0) is 23.8 Å². The van der Waals surface area contributed by atoms with E-state index in [2.05, 4.69) is 16.2 Å². The number of thiocarbonyl (C=S) groups is 1. The first-order valence-corrected chi connectivity index (χ1v) is 7.70. The van der Waals surface area contributed by atoms with E-state index in [-0.39, 0.29) is 23.2 Å². The van der Waals surface area contributed by atoms with Crippen LogP contribution in [0, 0.1) is 10.1 Å². The van der Waals surface area contributed by atoms with Crippen LogP contribution in [0.2, 0.25) is 0 Å². The maximum Gasteiger partial charge on any atom is 0.310 e. The van der Waals surface area contributed by atoms with E-state index in [1.807, 2.05) is 30.3 Å². The molecule has 0 aromatic heterocycles. The van der Waals surface area contributed by atoms with Crippen molar-refractivity contribution in [3.63, 3.8) is 0 Å². The summed E-state index contributed by atoms with van der Waals surface area (Å²) in [6, 6.07) is 15.4. The van der Waals surface area contributed by atoms with Gasteiger partial charge in [0.2, 0.25) is 0 Å². The van der Waals surface area contributed by atoms with Crippen LogP contribution < -0.4 is 20.9 Å². The summed E-state index contributed by atoms with van der Waals surface area (Å²) >= 11 is 5.04. The zero-order valence-corrected chi connectivity index (χ0v) is 13.9. The number of hydrazine groups is 1. The third-order valence-electron chi connectivity index (χ3n) is 3.03. The van der Waals surface area contributed by atoms with Crippen LogP contribution in [0.25, 0.3) is 0 Å². The Morgan fingerprint density at radius 3 is 2.48 bits per heavy atom. The first-order valence-electron chi connectivity index (χ1n) is 7.29. The molecule has 8 nitrogen and oxygen atoms in total. The van der Waals surface area contributed by atoms with E-state index < -0.39 is 10.8 Å². The fraction of sp³-hybridized carbons (Fsp3) is 0.125. The highest BCUT2D eigenvalue weighted by molar-refractivity contribution is 7.80. The van der Waals surface area contributed by atoms with Crippen LogP contribution in [0.4, 0.5) is 5.69 Å². The highest BCUT2D eigenvalue weighted by Gasteiger charge is 2.14. The van der Waals surface area contributed by atoms with Gasteiger partial charge in [0.05, 0.1) is 4.92 Å². The fourth-order valence-corrected chi connectivity index (χ4v) is 1.98. The summed E-state index contributed by atoms with van der Waals surface area (Å²) in [5.74, 6) is -0.505. The van der Waals surface area contributed by atoms with E-state index in [4.69, 9.17) is 17.0 Å². The summed E-state index contributed by atoms with van der Waals surface area (Å²) in [5.41, 5.74) is 5.72. The van der Waals surface area contributed by atoms with Crippen LogP contribution in [-0.4, -0.2) is 22.5 Å². The lowest BCUT2D eigenvalue weighted by atomic mass is 10.2. The van der Waals surface area contributed by atoms with Gasteiger partial charge >= 0.3 is 5.69 Å². The highest BCUT2D eigenvalue weighted by Crippen LogP contribution is 2.25. The van der Waals surface area contributed by atoms with Crippen molar-refractivity contribution in [3.8, 4) is 5.75 Å². The lowest BCUT2D eigenvalue weighted by Crippen LogP contribution is -2.48. The number of carbonyl (C=O) groups excluding carboxylic acids is 1. The minimum absolute atomic E-state index is 0.0208. The Kier molecular flexibility index (Phi) is 6.66. The van der Waals surface area contributed by atoms with E-state index in [9.17, 15) is 14.9 Å². The monoisotopic (exact) mass is 360 g/mol. The summed E-state index contributed by atoms with van der Waals surface area (Å²) in [6.07, 6.45) is 0. The molecule has 0 bridgehead atoms. The molecule has 0 aliphatic rings. The summed E-state index contributed by atoms with van der Waals surface area (Å²) in [6.45, 7) is 0.119. The predicted molar refractivity (Wildman–Crippen MR) is 95.7 cm³/mol. The van der Waals surface area contributed by atoms with Crippen molar-refractivity contribution < 1.29 is 14.5 Å². The third-order valence-corrected chi connectivity index (χ3v) is 3.28. The zero-order valence-electron chi connectivity index (χ0n) is 13.1. The smallest absolute Gasteiger partial charge is 0.310 e. The van der Waals surface area contributed by atoms with Crippen molar-refractivity contribution in [1.82, 2.24) is 16.2 Å². The molecule has 2 rings (SSSR count). The number of nitrogens with zero attached hydrogens (tertiary/aromatic N) is 1. The van der Waals surface area contributed by atoms with Crippen LogP contribution in [0.1, 0.15) is 5.56 Å². The first-order chi connectivity index (χ1) is 12.1. The van der Waals surface area contributed by atoms with E-state index >= 15 is 0 Å². The van der Waals surface area contributed by atoms with Gasteiger partial charge in [0.15, 0.2) is 17.5 Å². The van der Waals surface area contributed by atoms with Gasteiger partial charge in [-0.25, -0.2) is 0 Å². The molecule has 130 valence electrons. The summed E-state index contributed by atoms with van der Waals surface area (Å²) in [4.78, 5) is 22.0. The summed E-state index contributed by atoms with van der Waals surface area (Å²) in [7, 11) is 0. The van der Waals surface area contributed by atoms with Gasteiger partial charge in [-0.1, -0.05) is 42.5 Å². The molecule has 2 aromatic rings. The molecule has 1 amide bonds. The molecule has 9 heteroatoms. The Labute approximate surface area is 149 Å². The lowest BCUT2D eigenvalue weighted by molar-refractivity contribution is -0.385. The second-order valence-corrected chi connectivity index (χ2v) is 5.26. The van der Waals surface area contributed by atoms with Crippen LogP contribution in [0.15, 0.2) is 54.6 Å². The minimum Gasteiger partial charge on any atom is -0.477 e. The number of hydrogen-bond acceptors (Lipinski definition) is 5. The van der Waals surface area contributed by atoms with Crippen LogP contribution >= 0.6 is 12.2 Å². The Balaban J connectivity index is 1.72. The topological polar surface area (TPSA) is 106 Å². The van der Waals surface area contributed by atoms with Gasteiger partial charge < -0.3 is 10.1 Å². The molecule has 0 saturated heterocycles. The van der Waals surface area contributed by atoms with Gasteiger partial charge in [-0.3, -0.25) is 25.8 Å². The molecule has 0 aliphatic heterocycles. The van der Waals surface area contributed by atoms with Crippen LogP contribution in [0.5, 0.6) is 5.75 Å². The molecule has 2 aromatic carbocycles. The number of nitrogens with one attached hydrogen (secondary N) is 3. The number of rotatable bonds is 6. The van der Waals surface area contributed by atoms with Crippen molar-refractivity contribution >= 4 is 28.9 Å². The molecule has 0 spiro atoms. The third kappa shape index (κ3) is 6.07. The molecule has 0 radical (unpaired) electrons. The molecule has 0 atom stereocenters. The van der Waals surface area contributed by atoms with Crippen molar-refractivity contribution in [2.75, 3.05) is 6.61 Å². The van der Waals surface area contributed by atoms with E-state index in [1.165, 1.54) is 18.2 Å². The van der Waals surface area contributed by atoms with Gasteiger partial charge in [-0.2, -0.15) is 0 Å². The number of carbonyl (C=O) groups is 1. The summed E-state index contributed by atoms with van der Waals surface area (Å²) < 4.78 is 5.16. The van der Waals surface area contributed by atoms with E-state index in [0.29, 0.717) is 6.54 Å². The maximum atomic E-state index is 11.7. The van der Waals surface area contributed by atoms with Gasteiger partial charge in [0, 0.05) is 12.6 Å². The van der Waals surface area contributed by atoms with Crippen molar-refractivity contribution in [2.24, 2.45) is 0 Å². The number of hydrogen-bond donors (Lipinski definition) is 3. The second-order valence-electron chi connectivity index (χ2n) is 4.85. The molecular formula is C16H16N4O4S. The van der Waals surface area contributed by atoms with Gasteiger partial charge in [-0.15, -0.1) is 0 Å². The molecule has 25 heavy (non-hydrogen) atoms. The number of para-hydroxylation sites is 2. The number of nitro groups is 1. The normalized spacial score (nSPS) is 9.76. The molecular weight excluding hydrogens is 344 g/mol. The number of amides is 1. The number of ether oxygens (including phenoxy) is 1. The predicted octanol–water partition coefficient (Wildman–Crippen LogP) is 1.67. The average molecular weight is 360 g/mol. The van der Waals surface area contributed by atoms with Crippen molar-refractivity contribution in [3.05, 3.63) is 70.3 Å². The second kappa shape index (κ2) is 9.18. The minimum atomic E-state index is -0.575. The molecule has 3 N–H and O–H groups in total. The Morgan fingerprint density at radius 1 is 1.08 bits per heavy atom. The largest absolute Gasteiger partial charge is 0.477 e. The molecule has 0 fully saturated rings. The Bertz CT molecular complexity index is 755. The fourth-order valence-electron chi connectivity index (χ4n) is 1.86. The lowest BCUT2D eigenvalue weighted by Gasteiger charge is -2.12. The molecule has 0 saturated carbocycles. The maximum absolute atomic E-state index is 11.7. The van der Waals surface area contributed by atoms with Crippen molar-refractivity contribution in [2.45, 2.75) is 6.54 Å². The number of nitro benzene ring substituents is 1.